The average molecular weight is 481 g/mol. The molecule has 1 aliphatic rings. The lowest BCUT2D eigenvalue weighted by atomic mass is 9.96. The summed E-state index contributed by atoms with van der Waals surface area (Å²) in [5, 5.41) is 0.470. The standard InChI is InChI=1S/C26H25ClN2O3S/c1-5-32-25(31)22-16(4)28-26-29(23(22)19-8-6-7-9-20(19)27)24(30)21(33-26)14-17-10-12-18(13-11-17)15(2)3/h6-15,23H,5H2,1-4H3/b21-14-. The Morgan fingerprint density at radius 3 is 2.55 bits per heavy atom. The van der Waals surface area contributed by atoms with Crippen molar-refractivity contribution in [3.63, 3.8) is 0 Å². The van der Waals surface area contributed by atoms with Crippen LogP contribution in [0.4, 0.5) is 0 Å². The number of benzene rings is 2. The molecule has 0 fully saturated rings. The maximum absolute atomic E-state index is 13.6. The molecule has 33 heavy (non-hydrogen) atoms. The largest absolute Gasteiger partial charge is 0.463 e. The van der Waals surface area contributed by atoms with E-state index in [9.17, 15) is 9.59 Å². The molecule has 2 aromatic carbocycles. The van der Waals surface area contributed by atoms with Gasteiger partial charge in [0.1, 0.15) is 6.04 Å². The molecular formula is C26H25ClN2O3S. The van der Waals surface area contributed by atoms with Crippen molar-refractivity contribution in [1.29, 1.82) is 0 Å². The van der Waals surface area contributed by atoms with E-state index < -0.39 is 12.0 Å². The number of halogens is 1. The summed E-state index contributed by atoms with van der Waals surface area (Å²) in [5.41, 5.74) is 3.45. The number of allylic oxidation sites excluding steroid dienone is 1. The van der Waals surface area contributed by atoms with Crippen molar-refractivity contribution < 1.29 is 9.53 Å². The van der Waals surface area contributed by atoms with Crippen molar-refractivity contribution >= 4 is 35.0 Å². The zero-order chi connectivity index (χ0) is 23.7. The van der Waals surface area contributed by atoms with Crippen molar-refractivity contribution in [3.8, 4) is 0 Å². The van der Waals surface area contributed by atoms with E-state index in [0.29, 0.717) is 37.1 Å². The zero-order valence-corrected chi connectivity index (χ0v) is 20.5. The maximum atomic E-state index is 13.6. The SMILES string of the molecule is CCOC(=O)C1=C(C)N=c2s/c(=C\c3ccc(C(C)C)cc3)c(=O)n2C1c1ccccc1Cl. The molecule has 3 aromatic rings. The van der Waals surface area contributed by atoms with Crippen LogP contribution in [0.3, 0.4) is 0 Å². The number of aromatic nitrogens is 1. The second kappa shape index (κ2) is 9.49. The van der Waals surface area contributed by atoms with Crippen LogP contribution in [0.1, 0.15) is 56.3 Å². The number of hydrogen-bond acceptors (Lipinski definition) is 5. The molecule has 0 saturated heterocycles. The van der Waals surface area contributed by atoms with E-state index in [1.54, 1.807) is 24.5 Å². The van der Waals surface area contributed by atoms with Crippen LogP contribution in [-0.4, -0.2) is 17.1 Å². The smallest absolute Gasteiger partial charge is 0.338 e. The normalized spacial score (nSPS) is 16.1. The fourth-order valence-corrected chi connectivity index (χ4v) is 5.20. The molecule has 0 saturated carbocycles. The van der Waals surface area contributed by atoms with Crippen LogP contribution in [0.5, 0.6) is 0 Å². The van der Waals surface area contributed by atoms with Crippen LogP contribution >= 0.6 is 22.9 Å². The predicted octanol–water partition coefficient (Wildman–Crippen LogP) is 4.58. The quantitative estimate of drug-likeness (QED) is 0.502. The summed E-state index contributed by atoms with van der Waals surface area (Å²) in [6.07, 6.45) is 1.86. The number of fused-ring (bicyclic) bond motifs is 1. The highest BCUT2D eigenvalue weighted by molar-refractivity contribution is 7.07. The van der Waals surface area contributed by atoms with E-state index in [0.717, 1.165) is 5.56 Å². The van der Waals surface area contributed by atoms with Crippen molar-refractivity contribution in [2.45, 2.75) is 39.7 Å². The van der Waals surface area contributed by atoms with E-state index in [2.05, 4.69) is 31.0 Å². The Labute approximate surface area is 201 Å². The molecule has 0 aliphatic carbocycles. The molecule has 0 bridgehead atoms. The number of nitrogens with zero attached hydrogens (tertiary/aromatic N) is 2. The van der Waals surface area contributed by atoms with Crippen LogP contribution in [-0.2, 0) is 9.53 Å². The van der Waals surface area contributed by atoms with Crippen LogP contribution in [0.2, 0.25) is 5.02 Å². The number of rotatable bonds is 5. The fraction of sp³-hybridized carbons (Fsp3) is 0.269. The van der Waals surface area contributed by atoms with Gasteiger partial charge in [-0.05, 0) is 48.6 Å². The Morgan fingerprint density at radius 2 is 1.91 bits per heavy atom. The molecule has 1 aromatic heterocycles. The number of carbonyl (C=O) groups excluding carboxylic acids is 1. The van der Waals surface area contributed by atoms with Gasteiger partial charge in [-0.25, -0.2) is 9.79 Å². The molecule has 2 heterocycles. The summed E-state index contributed by atoms with van der Waals surface area (Å²) in [4.78, 5) is 31.6. The lowest BCUT2D eigenvalue weighted by Crippen LogP contribution is -2.40. The van der Waals surface area contributed by atoms with Gasteiger partial charge >= 0.3 is 5.97 Å². The van der Waals surface area contributed by atoms with Crippen molar-refractivity contribution in [1.82, 2.24) is 4.57 Å². The summed E-state index contributed by atoms with van der Waals surface area (Å²) >= 11 is 7.82. The van der Waals surface area contributed by atoms with Gasteiger partial charge in [-0.2, -0.15) is 0 Å². The first kappa shape index (κ1) is 23.2. The Morgan fingerprint density at radius 1 is 1.21 bits per heavy atom. The first-order valence-corrected chi connectivity index (χ1v) is 12.0. The van der Waals surface area contributed by atoms with Gasteiger partial charge in [0.25, 0.3) is 5.56 Å². The number of hydrogen-bond donors (Lipinski definition) is 0. The third-order valence-corrected chi connectivity index (χ3v) is 6.94. The van der Waals surface area contributed by atoms with Gasteiger partial charge in [0.15, 0.2) is 4.80 Å². The van der Waals surface area contributed by atoms with Crippen LogP contribution < -0.4 is 14.9 Å². The minimum Gasteiger partial charge on any atom is -0.463 e. The number of esters is 1. The second-order valence-corrected chi connectivity index (χ2v) is 9.56. The summed E-state index contributed by atoms with van der Waals surface area (Å²) in [6.45, 7) is 8.02. The van der Waals surface area contributed by atoms with Gasteiger partial charge in [-0.15, -0.1) is 0 Å². The highest BCUT2D eigenvalue weighted by Crippen LogP contribution is 2.34. The van der Waals surface area contributed by atoms with Crippen molar-refractivity contribution in [3.05, 3.63) is 101 Å². The average Bonchev–Trinajstić information content (AvgIpc) is 3.08. The summed E-state index contributed by atoms with van der Waals surface area (Å²) in [5.74, 6) is -0.0634. The highest BCUT2D eigenvalue weighted by atomic mass is 35.5. The Bertz CT molecular complexity index is 1410. The molecule has 0 spiro atoms. The van der Waals surface area contributed by atoms with E-state index in [-0.39, 0.29) is 12.2 Å². The van der Waals surface area contributed by atoms with Gasteiger partial charge < -0.3 is 4.74 Å². The Balaban J connectivity index is 1.92. The lowest BCUT2D eigenvalue weighted by molar-refractivity contribution is -0.139. The minimum absolute atomic E-state index is 0.217. The Kier molecular flexibility index (Phi) is 6.68. The molecule has 7 heteroatoms. The molecule has 170 valence electrons. The molecule has 1 aliphatic heterocycles. The third-order valence-electron chi connectivity index (χ3n) is 5.62. The molecule has 1 unspecified atom stereocenters. The van der Waals surface area contributed by atoms with E-state index in [4.69, 9.17) is 16.3 Å². The molecule has 1 atom stereocenters. The zero-order valence-electron chi connectivity index (χ0n) is 19.0. The van der Waals surface area contributed by atoms with Crippen LogP contribution in [0, 0.1) is 0 Å². The van der Waals surface area contributed by atoms with E-state index in [1.165, 1.54) is 16.9 Å². The summed E-state index contributed by atoms with van der Waals surface area (Å²) < 4.78 is 7.41. The lowest BCUT2D eigenvalue weighted by Gasteiger charge is -2.25. The molecular weight excluding hydrogens is 456 g/mol. The third kappa shape index (κ3) is 4.45. The van der Waals surface area contributed by atoms with E-state index >= 15 is 0 Å². The van der Waals surface area contributed by atoms with E-state index in [1.807, 2.05) is 36.4 Å². The van der Waals surface area contributed by atoms with Crippen molar-refractivity contribution in [2.75, 3.05) is 6.61 Å². The van der Waals surface area contributed by atoms with Crippen LogP contribution in [0.15, 0.2) is 69.6 Å². The highest BCUT2D eigenvalue weighted by Gasteiger charge is 2.34. The predicted molar refractivity (Wildman–Crippen MR) is 132 cm³/mol. The first-order chi connectivity index (χ1) is 15.8. The Hall–Kier alpha value is -2.96. The summed E-state index contributed by atoms with van der Waals surface area (Å²) in [6, 6.07) is 14.7. The van der Waals surface area contributed by atoms with Gasteiger partial charge in [0.05, 0.1) is 22.4 Å². The maximum Gasteiger partial charge on any atom is 0.338 e. The van der Waals surface area contributed by atoms with Gasteiger partial charge in [-0.1, -0.05) is 79.2 Å². The molecule has 0 radical (unpaired) electrons. The van der Waals surface area contributed by atoms with Crippen molar-refractivity contribution in [2.24, 2.45) is 4.99 Å². The number of ether oxygens (including phenoxy) is 1. The topological polar surface area (TPSA) is 60.7 Å². The number of carbonyl (C=O) groups is 1. The first-order valence-electron chi connectivity index (χ1n) is 10.9. The van der Waals surface area contributed by atoms with Gasteiger partial charge in [-0.3, -0.25) is 9.36 Å². The monoisotopic (exact) mass is 480 g/mol. The minimum atomic E-state index is -0.709. The fourth-order valence-electron chi connectivity index (χ4n) is 3.91. The molecule has 5 nitrogen and oxygen atoms in total. The number of thiazole rings is 1. The summed E-state index contributed by atoms with van der Waals surface area (Å²) in [7, 11) is 0. The molecule has 0 amide bonds. The van der Waals surface area contributed by atoms with Gasteiger partial charge in [0, 0.05) is 5.02 Å². The van der Waals surface area contributed by atoms with Gasteiger partial charge in [0.2, 0.25) is 0 Å². The molecule has 0 N–H and O–H groups in total. The molecule has 4 rings (SSSR count). The second-order valence-electron chi connectivity index (χ2n) is 8.15. The van der Waals surface area contributed by atoms with Crippen LogP contribution in [0.25, 0.3) is 6.08 Å².